The number of carbonyl (C=O) groups excluding carboxylic acids is 2. The quantitative estimate of drug-likeness (QED) is 0.125. The minimum Gasteiger partial charge on any atom is -0.467 e. The van der Waals surface area contributed by atoms with Gasteiger partial charge in [0.05, 0.1) is 25.9 Å². The first-order chi connectivity index (χ1) is 26.9. The largest absolute Gasteiger partial charge is 0.467 e. The van der Waals surface area contributed by atoms with Crippen LogP contribution in [0.25, 0.3) is 11.1 Å². The third-order valence-corrected chi connectivity index (χ3v) is 12.1. The van der Waals surface area contributed by atoms with Crippen molar-refractivity contribution in [2.75, 3.05) is 20.2 Å². The number of nitrogens with zero attached hydrogens (tertiary/aromatic N) is 1. The maximum atomic E-state index is 13.1. The highest BCUT2D eigenvalue weighted by Crippen LogP contribution is 2.53. The van der Waals surface area contributed by atoms with Crippen LogP contribution in [0.4, 0.5) is 4.79 Å². The van der Waals surface area contributed by atoms with Crippen LogP contribution in [0.2, 0.25) is 0 Å². The standard InChI is InChI=1S/C47H57N3O6/c1-31-41(27-50-30-47(4)25-38(50)24-46(2,3)29-47)55-44(56-42(31)35-17-15-33(28-51)16-18-35)36-21-19-34(20-22-36)39-14-10-9-13-37(39)26-48-45(53)49-40(43(52)54-5)23-32-11-7-6-8-12-32/h6-22,31,38,40-42,44,51H,23-30H2,1-5H3,(H2,48,49,53)/t31-,38?,40+,41+,42+,44+,47?/m1/s1. The number of carbonyl (C=O) groups is 2. The number of ether oxygens (including phenoxy) is 3. The Labute approximate surface area is 331 Å². The number of esters is 1. The molecule has 4 aromatic carbocycles. The van der Waals surface area contributed by atoms with Gasteiger partial charge in [-0.3, -0.25) is 4.90 Å². The second-order valence-electron chi connectivity index (χ2n) is 17.3. The van der Waals surface area contributed by atoms with E-state index >= 15 is 0 Å². The van der Waals surface area contributed by atoms with Crippen molar-refractivity contribution in [2.45, 2.75) is 97.1 Å². The lowest BCUT2D eigenvalue weighted by molar-refractivity contribution is -0.276. The SMILES string of the molecule is COC(=O)[C@H](Cc1ccccc1)NC(=O)NCc1ccccc1-c1ccc([C@H]2O[C@@H](CN3CC4(C)CC3CC(C)(C)C4)[C@@H](C)[C@@H](c3ccc(CO)cc3)O2)cc1. The number of nitrogens with one attached hydrogen (secondary N) is 2. The van der Waals surface area contributed by atoms with Crippen LogP contribution >= 0.6 is 0 Å². The number of benzene rings is 4. The molecule has 0 aromatic heterocycles. The van der Waals surface area contributed by atoms with Gasteiger partial charge in [0.25, 0.3) is 0 Å². The number of hydrogen-bond donors (Lipinski definition) is 3. The van der Waals surface area contributed by atoms with Gasteiger partial charge in [0, 0.05) is 43.6 Å². The summed E-state index contributed by atoms with van der Waals surface area (Å²) < 4.78 is 18.7. The second kappa shape index (κ2) is 16.9. The molecule has 56 heavy (non-hydrogen) atoms. The van der Waals surface area contributed by atoms with Crippen molar-refractivity contribution in [3.63, 3.8) is 0 Å². The van der Waals surface area contributed by atoms with E-state index in [4.69, 9.17) is 14.2 Å². The maximum absolute atomic E-state index is 13.1. The first-order valence-electron chi connectivity index (χ1n) is 20.0. The highest BCUT2D eigenvalue weighted by atomic mass is 16.7. The highest BCUT2D eigenvalue weighted by Gasteiger charge is 2.51. The summed E-state index contributed by atoms with van der Waals surface area (Å²) in [5, 5.41) is 15.4. The molecular weight excluding hydrogens is 703 g/mol. The third kappa shape index (κ3) is 9.18. The lowest BCUT2D eigenvalue weighted by Gasteiger charge is -2.43. The van der Waals surface area contributed by atoms with Crippen molar-refractivity contribution in [3.8, 4) is 11.1 Å². The van der Waals surface area contributed by atoms with Gasteiger partial charge in [0.15, 0.2) is 6.29 Å². The molecule has 0 radical (unpaired) electrons. The highest BCUT2D eigenvalue weighted by molar-refractivity contribution is 5.84. The lowest BCUT2D eigenvalue weighted by atomic mass is 9.65. The van der Waals surface area contributed by atoms with Crippen LogP contribution in [-0.2, 0) is 38.6 Å². The minimum atomic E-state index is -0.818. The van der Waals surface area contributed by atoms with Gasteiger partial charge in [-0.2, -0.15) is 0 Å². The number of urea groups is 1. The number of likely N-dealkylation sites (tertiary alicyclic amines) is 1. The fourth-order valence-electron chi connectivity index (χ4n) is 9.70. The van der Waals surface area contributed by atoms with Gasteiger partial charge in [-0.1, -0.05) is 131 Å². The lowest BCUT2D eigenvalue weighted by Crippen LogP contribution is -2.47. The smallest absolute Gasteiger partial charge is 0.328 e. The van der Waals surface area contributed by atoms with Gasteiger partial charge in [-0.15, -0.1) is 0 Å². The fourth-order valence-corrected chi connectivity index (χ4v) is 9.70. The van der Waals surface area contributed by atoms with E-state index in [1.54, 1.807) is 0 Å². The number of rotatable bonds is 12. The summed E-state index contributed by atoms with van der Waals surface area (Å²) in [5.74, 6) is -0.386. The van der Waals surface area contributed by atoms with Gasteiger partial charge in [-0.05, 0) is 63.5 Å². The van der Waals surface area contributed by atoms with E-state index in [9.17, 15) is 14.7 Å². The average molecular weight is 760 g/mol. The van der Waals surface area contributed by atoms with E-state index in [-0.39, 0.29) is 31.3 Å². The summed E-state index contributed by atoms with van der Waals surface area (Å²) in [5.41, 5.74) is 7.42. The zero-order valence-corrected chi connectivity index (χ0v) is 33.4. The molecular formula is C47H57N3O6. The van der Waals surface area contributed by atoms with Crippen molar-refractivity contribution >= 4 is 12.0 Å². The summed E-state index contributed by atoms with van der Waals surface area (Å²) in [6.07, 6.45) is 3.27. The molecule has 2 unspecified atom stereocenters. The van der Waals surface area contributed by atoms with Crippen molar-refractivity contribution in [2.24, 2.45) is 16.7 Å². The number of aliphatic hydroxyl groups is 1. The molecule has 2 bridgehead atoms. The van der Waals surface area contributed by atoms with E-state index < -0.39 is 24.3 Å². The Morgan fingerprint density at radius 2 is 1.57 bits per heavy atom. The molecule has 2 heterocycles. The second-order valence-corrected chi connectivity index (χ2v) is 17.3. The Balaban J connectivity index is 1.06. The summed E-state index contributed by atoms with van der Waals surface area (Å²) in [6.45, 7) is 11.8. The van der Waals surface area contributed by atoms with Crippen LogP contribution in [0.1, 0.15) is 87.2 Å². The van der Waals surface area contributed by atoms with Crippen LogP contribution in [0.5, 0.6) is 0 Å². The third-order valence-electron chi connectivity index (χ3n) is 12.1. The van der Waals surface area contributed by atoms with Crippen LogP contribution < -0.4 is 10.6 Å². The first kappa shape index (κ1) is 39.7. The van der Waals surface area contributed by atoms with Crippen molar-refractivity contribution in [1.82, 2.24) is 15.5 Å². The monoisotopic (exact) mass is 759 g/mol. The Bertz CT molecular complexity index is 1950. The van der Waals surface area contributed by atoms with E-state index in [0.29, 0.717) is 23.3 Å². The average Bonchev–Trinajstić information content (AvgIpc) is 3.44. The number of aliphatic hydroxyl groups excluding tert-OH is 1. The molecule has 2 amide bonds. The molecule has 9 nitrogen and oxygen atoms in total. The minimum absolute atomic E-state index is 0.00450. The van der Waals surface area contributed by atoms with Crippen LogP contribution in [0.15, 0.2) is 103 Å². The molecule has 1 aliphatic carbocycles. The van der Waals surface area contributed by atoms with Gasteiger partial charge in [0.2, 0.25) is 0 Å². The molecule has 296 valence electrons. The van der Waals surface area contributed by atoms with Crippen molar-refractivity contribution < 1.29 is 28.9 Å². The first-order valence-corrected chi connectivity index (χ1v) is 20.0. The Kier molecular flexibility index (Phi) is 12.0. The summed E-state index contributed by atoms with van der Waals surface area (Å²) >= 11 is 0. The van der Waals surface area contributed by atoms with Gasteiger partial charge in [0.1, 0.15) is 6.04 Å². The number of amides is 2. The molecule has 1 saturated carbocycles. The van der Waals surface area contributed by atoms with Crippen molar-refractivity contribution in [1.29, 1.82) is 0 Å². The number of hydrogen-bond acceptors (Lipinski definition) is 7. The predicted octanol–water partition coefficient (Wildman–Crippen LogP) is 8.12. The van der Waals surface area contributed by atoms with E-state index in [2.05, 4.69) is 79.6 Å². The van der Waals surface area contributed by atoms with Gasteiger partial charge >= 0.3 is 12.0 Å². The molecule has 3 aliphatic rings. The van der Waals surface area contributed by atoms with Gasteiger partial charge < -0.3 is 30.0 Å². The zero-order chi connectivity index (χ0) is 39.5. The molecule has 0 spiro atoms. The zero-order valence-electron chi connectivity index (χ0n) is 33.4. The fraction of sp³-hybridized carbons (Fsp3) is 0.447. The summed E-state index contributed by atoms with van der Waals surface area (Å²) in [6, 6.07) is 33.2. The summed E-state index contributed by atoms with van der Waals surface area (Å²) in [4.78, 5) is 28.3. The molecule has 2 saturated heterocycles. The Hall–Kier alpha value is -4.54. The molecule has 3 N–H and O–H groups in total. The predicted molar refractivity (Wildman–Crippen MR) is 217 cm³/mol. The number of fused-ring (bicyclic) bond motifs is 2. The van der Waals surface area contributed by atoms with Crippen LogP contribution in [0, 0.1) is 16.7 Å². The molecule has 9 heteroatoms. The normalized spacial score (nSPS) is 26.3. The van der Waals surface area contributed by atoms with E-state index in [1.807, 2.05) is 66.7 Å². The van der Waals surface area contributed by atoms with E-state index in [1.165, 1.54) is 26.4 Å². The molecule has 2 aliphatic heterocycles. The van der Waals surface area contributed by atoms with Crippen LogP contribution in [0.3, 0.4) is 0 Å². The van der Waals surface area contributed by atoms with E-state index in [0.717, 1.165) is 52.0 Å². The Morgan fingerprint density at radius 1 is 0.875 bits per heavy atom. The van der Waals surface area contributed by atoms with Crippen LogP contribution in [-0.4, -0.2) is 60.4 Å². The van der Waals surface area contributed by atoms with Gasteiger partial charge in [-0.25, -0.2) is 9.59 Å². The summed E-state index contributed by atoms with van der Waals surface area (Å²) in [7, 11) is 1.32. The van der Waals surface area contributed by atoms with Crippen molar-refractivity contribution in [3.05, 3.63) is 131 Å². The topological polar surface area (TPSA) is 109 Å². The Morgan fingerprint density at radius 3 is 2.29 bits per heavy atom. The molecule has 4 aromatic rings. The number of methoxy groups -OCH3 is 1. The molecule has 7 rings (SSSR count). The molecule has 7 atom stereocenters. The molecule has 3 fully saturated rings. The maximum Gasteiger partial charge on any atom is 0.328 e.